The van der Waals surface area contributed by atoms with Gasteiger partial charge in [0.15, 0.2) is 0 Å². The molecule has 2 aromatic carbocycles. The summed E-state index contributed by atoms with van der Waals surface area (Å²) in [5, 5.41) is 6.98. The Morgan fingerprint density at radius 2 is 1.79 bits per heavy atom. The molecule has 1 heterocycles. The number of benzene rings is 2. The second kappa shape index (κ2) is 6.87. The van der Waals surface area contributed by atoms with E-state index in [0.29, 0.717) is 17.5 Å². The van der Waals surface area contributed by atoms with Crippen LogP contribution in [0.4, 0.5) is 5.69 Å². The summed E-state index contributed by atoms with van der Waals surface area (Å²) >= 11 is 0. The second-order valence-electron chi connectivity index (χ2n) is 6.31. The van der Waals surface area contributed by atoms with Gasteiger partial charge in [0.25, 0.3) is 0 Å². The Hall–Kier alpha value is -2.62. The molecule has 1 atom stereocenters. The Bertz CT molecular complexity index is 736. The number of rotatable bonds is 4. The van der Waals surface area contributed by atoms with E-state index in [1.165, 1.54) is 7.11 Å². The molecule has 0 spiro atoms. The van der Waals surface area contributed by atoms with E-state index >= 15 is 0 Å². The summed E-state index contributed by atoms with van der Waals surface area (Å²) in [7, 11) is 1.39. The number of esters is 1. The quantitative estimate of drug-likeness (QED) is 0.795. The van der Waals surface area contributed by atoms with Gasteiger partial charge in [-0.2, -0.15) is 5.10 Å². The highest BCUT2D eigenvalue weighted by molar-refractivity contribution is 6.03. The number of methoxy groups -OCH3 is 1. The van der Waals surface area contributed by atoms with Crippen molar-refractivity contribution in [2.24, 2.45) is 11.0 Å². The van der Waals surface area contributed by atoms with Crippen LogP contribution in [0.15, 0.2) is 59.7 Å². The minimum atomic E-state index is -0.319. The predicted octanol–water partition coefficient (Wildman–Crippen LogP) is 4.11. The molecule has 0 N–H and O–H groups in total. The molecule has 0 aliphatic carbocycles. The van der Waals surface area contributed by atoms with Crippen LogP contribution in [0, 0.1) is 5.92 Å². The summed E-state index contributed by atoms with van der Waals surface area (Å²) < 4.78 is 4.75. The topological polar surface area (TPSA) is 41.9 Å². The molecule has 0 bridgehead atoms. The zero-order valence-corrected chi connectivity index (χ0v) is 14.3. The van der Waals surface area contributed by atoms with Crippen molar-refractivity contribution in [2.75, 3.05) is 12.1 Å². The van der Waals surface area contributed by atoms with Crippen LogP contribution in [-0.4, -0.2) is 24.8 Å². The molecule has 0 radical (unpaired) electrons. The Morgan fingerprint density at radius 1 is 1.12 bits per heavy atom. The largest absolute Gasteiger partial charge is 0.465 e. The number of nitrogens with zero attached hydrogens (tertiary/aromatic N) is 2. The number of carbonyl (C=O) groups is 1. The zero-order chi connectivity index (χ0) is 17.1. The first-order valence-electron chi connectivity index (χ1n) is 8.20. The fourth-order valence-corrected chi connectivity index (χ4v) is 2.97. The minimum absolute atomic E-state index is 0.319. The summed E-state index contributed by atoms with van der Waals surface area (Å²) in [6, 6.07) is 18.1. The van der Waals surface area contributed by atoms with Gasteiger partial charge in [-0.05, 0) is 35.7 Å². The van der Waals surface area contributed by atoms with Gasteiger partial charge in [0, 0.05) is 6.42 Å². The third kappa shape index (κ3) is 3.18. The number of hydrogen-bond acceptors (Lipinski definition) is 4. The third-order valence-electron chi connectivity index (χ3n) is 4.37. The molecule has 2 aromatic rings. The molecule has 1 aliphatic heterocycles. The molecule has 3 rings (SSSR count). The first kappa shape index (κ1) is 16.2. The maximum absolute atomic E-state index is 11.6. The van der Waals surface area contributed by atoms with Crippen LogP contribution in [0.25, 0.3) is 0 Å². The first-order valence-corrected chi connectivity index (χ1v) is 8.20. The smallest absolute Gasteiger partial charge is 0.337 e. The number of hydrazone groups is 1. The Balaban J connectivity index is 1.89. The molecule has 24 heavy (non-hydrogen) atoms. The first-order chi connectivity index (χ1) is 11.6. The fraction of sp³-hybridized carbons (Fsp3) is 0.300. The summed E-state index contributed by atoms with van der Waals surface area (Å²) in [5.74, 6) is 0.168. The van der Waals surface area contributed by atoms with Crippen LogP contribution in [0.3, 0.4) is 0 Å². The van der Waals surface area contributed by atoms with Crippen LogP contribution in [0.1, 0.15) is 36.2 Å². The molecule has 0 saturated heterocycles. The van der Waals surface area contributed by atoms with Crippen molar-refractivity contribution < 1.29 is 9.53 Å². The molecule has 1 aliphatic rings. The minimum Gasteiger partial charge on any atom is -0.465 e. The van der Waals surface area contributed by atoms with Gasteiger partial charge in [-0.15, -0.1) is 0 Å². The van der Waals surface area contributed by atoms with E-state index in [1.807, 2.05) is 30.3 Å². The van der Waals surface area contributed by atoms with Gasteiger partial charge in [0.2, 0.25) is 0 Å². The maximum Gasteiger partial charge on any atom is 0.337 e. The fourth-order valence-electron chi connectivity index (χ4n) is 2.97. The molecule has 0 amide bonds. The van der Waals surface area contributed by atoms with Crippen molar-refractivity contribution in [1.82, 2.24) is 0 Å². The standard InChI is InChI=1S/C20H22N2O2/c1-14(2)19-13-18(21-22(19)17-7-5-4-6-8-17)15-9-11-16(12-10-15)20(23)24-3/h4-12,14,19H,13H2,1-3H3. The van der Waals surface area contributed by atoms with Crippen molar-refractivity contribution in [1.29, 1.82) is 0 Å². The van der Waals surface area contributed by atoms with Crippen LogP contribution >= 0.6 is 0 Å². The lowest BCUT2D eigenvalue weighted by Crippen LogP contribution is -2.31. The number of anilines is 1. The lowest BCUT2D eigenvalue weighted by Gasteiger charge is -2.26. The van der Waals surface area contributed by atoms with E-state index in [0.717, 1.165) is 23.4 Å². The van der Waals surface area contributed by atoms with Crippen molar-refractivity contribution in [3.05, 3.63) is 65.7 Å². The van der Waals surface area contributed by atoms with Gasteiger partial charge in [0.1, 0.15) is 0 Å². The van der Waals surface area contributed by atoms with Gasteiger partial charge < -0.3 is 4.74 Å². The Labute approximate surface area is 142 Å². The van der Waals surface area contributed by atoms with Crippen molar-refractivity contribution in [2.45, 2.75) is 26.3 Å². The van der Waals surface area contributed by atoms with E-state index < -0.39 is 0 Å². The lowest BCUT2D eigenvalue weighted by molar-refractivity contribution is 0.0600. The van der Waals surface area contributed by atoms with Crippen LogP contribution in [0.5, 0.6) is 0 Å². The van der Waals surface area contributed by atoms with Gasteiger partial charge in [-0.1, -0.05) is 44.2 Å². The average Bonchev–Trinajstić information content (AvgIpc) is 3.07. The maximum atomic E-state index is 11.6. The molecule has 4 nitrogen and oxygen atoms in total. The third-order valence-corrected chi connectivity index (χ3v) is 4.37. The van der Waals surface area contributed by atoms with E-state index in [9.17, 15) is 4.79 Å². The van der Waals surface area contributed by atoms with Gasteiger partial charge >= 0.3 is 5.97 Å². The number of para-hydroxylation sites is 1. The highest BCUT2D eigenvalue weighted by Crippen LogP contribution is 2.30. The van der Waals surface area contributed by atoms with Crippen LogP contribution in [0.2, 0.25) is 0 Å². The lowest BCUT2D eigenvalue weighted by atomic mass is 9.95. The molecular weight excluding hydrogens is 300 g/mol. The number of ether oxygens (including phenoxy) is 1. The summed E-state index contributed by atoms with van der Waals surface area (Å²) in [6.07, 6.45) is 0.893. The number of carbonyl (C=O) groups excluding carboxylic acids is 1. The second-order valence-corrected chi connectivity index (χ2v) is 6.31. The molecule has 0 fully saturated rings. The highest BCUT2D eigenvalue weighted by Gasteiger charge is 2.30. The predicted molar refractivity (Wildman–Crippen MR) is 96.5 cm³/mol. The zero-order valence-electron chi connectivity index (χ0n) is 14.3. The normalized spacial score (nSPS) is 17.1. The van der Waals surface area contributed by atoms with Crippen molar-refractivity contribution >= 4 is 17.4 Å². The number of hydrogen-bond donors (Lipinski definition) is 0. The van der Waals surface area contributed by atoms with Crippen molar-refractivity contribution in [3.63, 3.8) is 0 Å². The van der Waals surface area contributed by atoms with Crippen LogP contribution in [-0.2, 0) is 4.74 Å². The van der Waals surface area contributed by atoms with E-state index in [4.69, 9.17) is 9.84 Å². The van der Waals surface area contributed by atoms with Gasteiger partial charge in [-0.3, -0.25) is 5.01 Å². The molecule has 124 valence electrons. The average molecular weight is 322 g/mol. The molecule has 0 saturated carbocycles. The summed E-state index contributed by atoms with van der Waals surface area (Å²) in [4.78, 5) is 11.6. The summed E-state index contributed by atoms with van der Waals surface area (Å²) in [6.45, 7) is 4.44. The van der Waals surface area contributed by atoms with E-state index in [-0.39, 0.29) is 5.97 Å². The SMILES string of the molecule is COC(=O)c1ccc(C2=NN(c3ccccc3)C(C(C)C)C2)cc1. The van der Waals surface area contributed by atoms with E-state index in [1.54, 1.807) is 12.1 Å². The van der Waals surface area contributed by atoms with E-state index in [2.05, 4.69) is 31.0 Å². The highest BCUT2D eigenvalue weighted by atomic mass is 16.5. The molecule has 0 aromatic heterocycles. The summed E-state index contributed by atoms with van der Waals surface area (Å²) in [5.41, 5.74) is 3.76. The van der Waals surface area contributed by atoms with Gasteiger partial charge in [-0.25, -0.2) is 4.79 Å². The monoisotopic (exact) mass is 322 g/mol. The Kier molecular flexibility index (Phi) is 4.65. The van der Waals surface area contributed by atoms with Crippen LogP contribution < -0.4 is 5.01 Å². The Morgan fingerprint density at radius 3 is 2.38 bits per heavy atom. The van der Waals surface area contributed by atoms with Gasteiger partial charge in [0.05, 0.1) is 30.1 Å². The molecule has 1 unspecified atom stereocenters. The molecular formula is C20H22N2O2. The molecule has 4 heteroatoms. The van der Waals surface area contributed by atoms with Crippen molar-refractivity contribution in [3.8, 4) is 0 Å².